The first kappa shape index (κ1) is 40.6. The fraction of sp³-hybridized carbons (Fsp3) is 0.583. The van der Waals surface area contributed by atoms with Gasteiger partial charge in [-0.3, -0.25) is 0 Å². The number of carbonyl (C=O) groups is 3. The van der Waals surface area contributed by atoms with Crippen molar-refractivity contribution < 1.29 is 53.0 Å². The predicted molar refractivity (Wildman–Crippen MR) is 182 cm³/mol. The Kier molecular flexibility index (Phi) is 16.9. The minimum absolute atomic E-state index is 0.0122. The molecule has 0 bridgehead atoms. The molecular weight excluding hydrogens is 650 g/mol. The van der Waals surface area contributed by atoms with E-state index in [1.807, 2.05) is 67.6 Å². The summed E-state index contributed by atoms with van der Waals surface area (Å²) in [6.07, 6.45) is -1.44. The lowest BCUT2D eigenvalue weighted by Gasteiger charge is -2.44. The molecule has 3 rings (SSSR count). The monoisotopic (exact) mass is 703 g/mol. The summed E-state index contributed by atoms with van der Waals surface area (Å²) in [5.74, 6) is -4.26. The second kappa shape index (κ2) is 20.8. The molecule has 3 amide bonds. The van der Waals surface area contributed by atoms with Gasteiger partial charge in [-0.1, -0.05) is 74.0 Å². The Morgan fingerprint density at radius 2 is 1.68 bits per heavy atom. The van der Waals surface area contributed by atoms with E-state index in [0.29, 0.717) is 26.1 Å². The Hall–Kier alpha value is -3.79. The van der Waals surface area contributed by atoms with E-state index in [2.05, 4.69) is 10.6 Å². The zero-order valence-corrected chi connectivity index (χ0v) is 29.5. The Morgan fingerprint density at radius 3 is 2.32 bits per heavy atom. The maximum atomic E-state index is 13.1. The van der Waals surface area contributed by atoms with Crippen LogP contribution in [0, 0.1) is 0 Å². The first-order valence-electron chi connectivity index (χ1n) is 17.0. The van der Waals surface area contributed by atoms with Crippen molar-refractivity contribution >= 4 is 18.1 Å². The van der Waals surface area contributed by atoms with Gasteiger partial charge in [-0.05, 0) is 44.2 Å². The highest BCUT2D eigenvalue weighted by Gasteiger charge is 2.54. The molecule has 1 fully saturated rings. The number of hydrogen-bond donors (Lipinski definition) is 4. The summed E-state index contributed by atoms with van der Waals surface area (Å²) < 4.78 is 33.7. The minimum Gasteiger partial charge on any atom is -0.465 e. The number of esters is 1. The average Bonchev–Trinajstić information content (AvgIpc) is 3.10. The maximum Gasteiger partial charge on any atom is 0.410 e. The number of nitrogens with one attached hydrogen (secondary N) is 2. The molecule has 0 aliphatic carbocycles. The summed E-state index contributed by atoms with van der Waals surface area (Å²) in [6.45, 7) is 5.90. The SMILES string of the molecule is CCCCO[C@@H]1C[C@](OCNC(=O)NCCCN(Cc2ccccc2)C(=O)OCc2ccccc2)(C(=O)OC)OC(CCOC(C)(C)O)[C@@H]1O. The number of hydrogen-bond acceptors (Lipinski definition) is 11. The molecule has 2 aromatic carbocycles. The largest absolute Gasteiger partial charge is 0.465 e. The van der Waals surface area contributed by atoms with Crippen LogP contribution in [0.3, 0.4) is 0 Å². The van der Waals surface area contributed by atoms with Gasteiger partial charge in [0.25, 0.3) is 5.79 Å². The molecule has 4 atom stereocenters. The van der Waals surface area contributed by atoms with E-state index in [1.165, 1.54) is 21.0 Å². The topological polar surface area (TPSA) is 174 Å². The van der Waals surface area contributed by atoms with E-state index in [0.717, 1.165) is 24.0 Å². The standard InChI is InChI=1S/C36H53N3O11/c1-5-6-21-46-30-23-36(32(41)45-4,50-29(31(30)40)18-22-48-35(2,3)44)49-26-38-33(42)37-19-13-20-39(24-27-14-9-7-10-15-27)34(43)47-25-28-16-11-8-12-17-28/h7-12,14-17,29-31,40,44H,5-6,13,18-26H2,1-4H3,(H2,37,38,42)/t29?,30-,31+,36-/m1/s1. The highest BCUT2D eigenvalue weighted by Crippen LogP contribution is 2.35. The van der Waals surface area contributed by atoms with Gasteiger partial charge in [0.15, 0.2) is 5.79 Å². The lowest BCUT2D eigenvalue weighted by Crippen LogP contribution is -2.61. The summed E-state index contributed by atoms with van der Waals surface area (Å²) in [5, 5.41) is 26.2. The van der Waals surface area contributed by atoms with Crippen LogP contribution in [0.5, 0.6) is 0 Å². The molecule has 14 heteroatoms. The third kappa shape index (κ3) is 13.8. The Balaban J connectivity index is 1.54. The number of urea groups is 1. The van der Waals surface area contributed by atoms with Gasteiger partial charge in [-0.15, -0.1) is 0 Å². The van der Waals surface area contributed by atoms with Crippen molar-refractivity contribution in [1.82, 2.24) is 15.5 Å². The van der Waals surface area contributed by atoms with Crippen LogP contribution < -0.4 is 10.6 Å². The maximum absolute atomic E-state index is 13.1. The highest BCUT2D eigenvalue weighted by molar-refractivity contribution is 5.78. The molecule has 0 radical (unpaired) electrons. The summed E-state index contributed by atoms with van der Waals surface area (Å²) in [6, 6.07) is 18.4. The van der Waals surface area contributed by atoms with Crippen LogP contribution in [-0.4, -0.2) is 103 Å². The van der Waals surface area contributed by atoms with Crippen LogP contribution in [0.25, 0.3) is 0 Å². The number of unbranched alkanes of at least 4 members (excludes halogenated alkanes) is 1. The molecule has 1 heterocycles. The van der Waals surface area contributed by atoms with E-state index in [1.54, 1.807) is 4.90 Å². The molecule has 14 nitrogen and oxygen atoms in total. The van der Waals surface area contributed by atoms with E-state index in [-0.39, 0.29) is 32.6 Å². The second-order valence-corrected chi connectivity index (χ2v) is 12.5. The third-order valence-corrected chi connectivity index (χ3v) is 7.87. The molecule has 1 aliphatic rings. The van der Waals surface area contributed by atoms with Gasteiger partial charge < -0.3 is 54.2 Å². The molecule has 1 unspecified atom stereocenters. The molecule has 1 saturated heterocycles. The Bertz CT molecular complexity index is 1300. The summed E-state index contributed by atoms with van der Waals surface area (Å²) in [7, 11) is 1.18. The number of amides is 3. The van der Waals surface area contributed by atoms with Gasteiger partial charge in [0, 0.05) is 32.7 Å². The molecule has 0 saturated carbocycles. The number of rotatable bonds is 20. The predicted octanol–water partition coefficient (Wildman–Crippen LogP) is 3.83. The second-order valence-electron chi connectivity index (χ2n) is 12.5. The molecule has 0 aromatic heterocycles. The quantitative estimate of drug-likeness (QED) is 0.0897. The lowest BCUT2D eigenvalue weighted by molar-refractivity contribution is -0.319. The number of methoxy groups -OCH3 is 1. The van der Waals surface area contributed by atoms with Gasteiger partial charge in [-0.2, -0.15) is 0 Å². The van der Waals surface area contributed by atoms with Gasteiger partial charge in [0.05, 0.1) is 25.9 Å². The van der Waals surface area contributed by atoms with Crippen molar-refractivity contribution in [2.45, 2.75) is 95.9 Å². The number of aliphatic hydroxyl groups excluding tert-OH is 1. The first-order chi connectivity index (χ1) is 24.0. The van der Waals surface area contributed by atoms with Gasteiger partial charge >= 0.3 is 18.1 Å². The molecule has 2 aromatic rings. The number of nitrogens with zero attached hydrogens (tertiary/aromatic N) is 1. The fourth-order valence-corrected chi connectivity index (χ4v) is 5.22. The van der Waals surface area contributed by atoms with Gasteiger partial charge in [0.1, 0.15) is 19.4 Å². The van der Waals surface area contributed by atoms with E-state index in [4.69, 9.17) is 28.4 Å². The molecule has 4 N–H and O–H groups in total. The van der Waals surface area contributed by atoms with Gasteiger partial charge in [0.2, 0.25) is 0 Å². The molecule has 1 aliphatic heterocycles. The Labute approximate surface area is 294 Å². The van der Waals surface area contributed by atoms with E-state index in [9.17, 15) is 24.6 Å². The number of benzene rings is 2. The summed E-state index contributed by atoms with van der Waals surface area (Å²) in [5.41, 5.74) is 1.81. The first-order valence-corrected chi connectivity index (χ1v) is 17.0. The normalized spacial score (nSPS) is 20.5. The van der Waals surface area contributed by atoms with Crippen LogP contribution in [-0.2, 0) is 46.4 Å². The zero-order valence-electron chi connectivity index (χ0n) is 29.5. The smallest absolute Gasteiger partial charge is 0.410 e. The minimum atomic E-state index is -1.99. The molecule has 0 spiro atoms. The number of carbonyl (C=O) groups excluding carboxylic acids is 3. The molecular formula is C36H53N3O11. The van der Waals surface area contributed by atoms with Crippen LogP contribution in [0.4, 0.5) is 9.59 Å². The van der Waals surface area contributed by atoms with Gasteiger partial charge in [-0.25, -0.2) is 14.4 Å². The van der Waals surface area contributed by atoms with Crippen molar-refractivity contribution in [2.75, 3.05) is 40.1 Å². The van der Waals surface area contributed by atoms with E-state index < -0.39 is 54.7 Å². The average molecular weight is 704 g/mol. The van der Waals surface area contributed by atoms with Crippen molar-refractivity contribution in [3.8, 4) is 0 Å². The van der Waals surface area contributed by atoms with Crippen molar-refractivity contribution in [1.29, 1.82) is 0 Å². The molecule has 50 heavy (non-hydrogen) atoms. The highest BCUT2D eigenvalue weighted by atomic mass is 16.7. The van der Waals surface area contributed by atoms with Crippen LogP contribution >= 0.6 is 0 Å². The Morgan fingerprint density at radius 1 is 1.00 bits per heavy atom. The number of ether oxygens (including phenoxy) is 6. The van der Waals surface area contributed by atoms with Crippen LogP contribution in [0.1, 0.15) is 64.0 Å². The number of aliphatic hydroxyl groups is 2. The van der Waals surface area contributed by atoms with E-state index >= 15 is 0 Å². The fourth-order valence-electron chi connectivity index (χ4n) is 5.22. The summed E-state index contributed by atoms with van der Waals surface area (Å²) in [4.78, 5) is 40.3. The van der Waals surface area contributed by atoms with Crippen molar-refractivity contribution in [3.63, 3.8) is 0 Å². The third-order valence-electron chi connectivity index (χ3n) is 7.87. The summed E-state index contributed by atoms with van der Waals surface area (Å²) >= 11 is 0. The van der Waals surface area contributed by atoms with Crippen molar-refractivity contribution in [2.24, 2.45) is 0 Å². The lowest BCUT2D eigenvalue weighted by atomic mass is 9.93. The van der Waals surface area contributed by atoms with Crippen LogP contribution in [0.15, 0.2) is 60.7 Å². The zero-order chi connectivity index (χ0) is 36.4. The van der Waals surface area contributed by atoms with Crippen LogP contribution in [0.2, 0.25) is 0 Å². The van der Waals surface area contributed by atoms with Crippen molar-refractivity contribution in [3.05, 3.63) is 71.8 Å². The molecule has 278 valence electrons.